The predicted octanol–water partition coefficient (Wildman–Crippen LogP) is 4.58. The first kappa shape index (κ1) is 18.0. The van der Waals surface area contributed by atoms with E-state index < -0.39 is 0 Å². The Hall–Kier alpha value is -1.35. The number of carbonyl (C=O) groups is 1. The molecule has 1 aromatic carbocycles. The van der Waals surface area contributed by atoms with E-state index >= 15 is 0 Å². The molecule has 0 N–H and O–H groups in total. The van der Waals surface area contributed by atoms with Crippen LogP contribution in [0.1, 0.15) is 64.5 Å². The zero-order valence-corrected chi connectivity index (χ0v) is 14.8. The van der Waals surface area contributed by atoms with E-state index in [4.69, 9.17) is 4.74 Å². The maximum Gasteiger partial charge on any atom is 0.310 e. The minimum absolute atomic E-state index is 0.00175. The first-order valence-corrected chi connectivity index (χ1v) is 9.16. The van der Waals surface area contributed by atoms with Crippen molar-refractivity contribution in [3.63, 3.8) is 0 Å². The predicted molar refractivity (Wildman–Crippen MR) is 94.2 cm³/mol. The third-order valence-corrected chi connectivity index (χ3v) is 5.04. The second-order valence-corrected chi connectivity index (χ2v) is 6.53. The van der Waals surface area contributed by atoms with Crippen molar-refractivity contribution < 1.29 is 9.53 Å². The summed E-state index contributed by atoms with van der Waals surface area (Å²) in [6.45, 7) is 7.88. The summed E-state index contributed by atoms with van der Waals surface area (Å²) in [6.07, 6.45) is 5.43. The van der Waals surface area contributed by atoms with Crippen molar-refractivity contribution >= 4 is 5.97 Å². The number of hydrogen-bond acceptors (Lipinski definition) is 3. The molecule has 0 spiro atoms. The first-order valence-electron chi connectivity index (χ1n) is 9.16. The van der Waals surface area contributed by atoms with Crippen LogP contribution in [0.5, 0.6) is 0 Å². The fourth-order valence-electron chi connectivity index (χ4n) is 3.79. The Morgan fingerprint density at radius 3 is 2.70 bits per heavy atom. The minimum Gasteiger partial charge on any atom is -0.466 e. The molecule has 0 aliphatic carbocycles. The van der Waals surface area contributed by atoms with Gasteiger partial charge in [-0.3, -0.25) is 9.69 Å². The summed E-state index contributed by atoms with van der Waals surface area (Å²) in [4.78, 5) is 15.0. The van der Waals surface area contributed by atoms with Crippen LogP contribution in [-0.4, -0.2) is 30.1 Å². The summed E-state index contributed by atoms with van der Waals surface area (Å²) in [5, 5.41) is 0. The fraction of sp³-hybridized carbons (Fsp3) is 0.650. The average Bonchev–Trinajstić information content (AvgIpc) is 3.05. The van der Waals surface area contributed by atoms with Crippen molar-refractivity contribution in [1.82, 2.24) is 4.90 Å². The highest BCUT2D eigenvalue weighted by Crippen LogP contribution is 2.35. The molecule has 128 valence electrons. The molecule has 3 heteroatoms. The molecule has 0 aromatic heterocycles. The highest BCUT2D eigenvalue weighted by molar-refractivity contribution is 5.73. The monoisotopic (exact) mass is 317 g/mol. The maximum atomic E-state index is 12.5. The smallest absolute Gasteiger partial charge is 0.310 e. The molecule has 3 nitrogen and oxygen atoms in total. The number of nitrogens with zero attached hydrogens (tertiary/aromatic N) is 1. The molecular weight excluding hydrogens is 286 g/mol. The van der Waals surface area contributed by atoms with Gasteiger partial charge in [0.25, 0.3) is 0 Å². The van der Waals surface area contributed by atoms with E-state index in [9.17, 15) is 4.79 Å². The van der Waals surface area contributed by atoms with Crippen LogP contribution in [0.25, 0.3) is 0 Å². The van der Waals surface area contributed by atoms with Crippen LogP contribution in [0.15, 0.2) is 30.3 Å². The van der Waals surface area contributed by atoms with Gasteiger partial charge < -0.3 is 4.74 Å². The van der Waals surface area contributed by atoms with E-state index in [0.29, 0.717) is 18.7 Å². The molecule has 1 heterocycles. The van der Waals surface area contributed by atoms with Gasteiger partial charge in [-0.05, 0) is 45.2 Å². The molecule has 23 heavy (non-hydrogen) atoms. The van der Waals surface area contributed by atoms with Gasteiger partial charge >= 0.3 is 5.97 Å². The van der Waals surface area contributed by atoms with E-state index in [1.807, 2.05) is 6.92 Å². The van der Waals surface area contributed by atoms with Gasteiger partial charge in [0, 0.05) is 12.1 Å². The SMILES string of the molecule is CCCC[C@H](C(=O)OCC)[C@H]1CCCN1[C@@H](C)c1ccccc1. The summed E-state index contributed by atoms with van der Waals surface area (Å²) < 4.78 is 5.38. The van der Waals surface area contributed by atoms with E-state index in [-0.39, 0.29) is 11.9 Å². The van der Waals surface area contributed by atoms with Gasteiger partial charge in [0.2, 0.25) is 0 Å². The molecule has 0 bridgehead atoms. The van der Waals surface area contributed by atoms with E-state index in [2.05, 4.69) is 49.1 Å². The zero-order chi connectivity index (χ0) is 16.7. The molecule has 1 saturated heterocycles. The summed E-state index contributed by atoms with van der Waals surface area (Å²) in [7, 11) is 0. The van der Waals surface area contributed by atoms with Gasteiger partial charge in [-0.25, -0.2) is 0 Å². The molecule has 0 unspecified atom stereocenters. The van der Waals surface area contributed by atoms with Crippen LogP contribution in [0.3, 0.4) is 0 Å². The van der Waals surface area contributed by atoms with Crippen LogP contribution < -0.4 is 0 Å². The number of unbranched alkanes of at least 4 members (excludes halogenated alkanes) is 1. The normalized spacial score (nSPS) is 21.1. The third kappa shape index (κ3) is 4.57. The van der Waals surface area contributed by atoms with Gasteiger partial charge in [0.15, 0.2) is 0 Å². The Labute approximate surface area is 141 Å². The molecule has 0 amide bonds. The second kappa shape index (κ2) is 9.07. The third-order valence-electron chi connectivity index (χ3n) is 5.04. The molecule has 1 aromatic rings. The quantitative estimate of drug-likeness (QED) is 0.657. The van der Waals surface area contributed by atoms with Gasteiger partial charge in [-0.15, -0.1) is 0 Å². The lowest BCUT2D eigenvalue weighted by Gasteiger charge is -2.35. The summed E-state index contributed by atoms with van der Waals surface area (Å²) in [6, 6.07) is 11.3. The highest BCUT2D eigenvalue weighted by atomic mass is 16.5. The van der Waals surface area contributed by atoms with Gasteiger partial charge in [-0.1, -0.05) is 50.1 Å². The summed E-state index contributed by atoms with van der Waals surface area (Å²) >= 11 is 0. The van der Waals surface area contributed by atoms with Crippen LogP contribution in [0.2, 0.25) is 0 Å². The highest BCUT2D eigenvalue weighted by Gasteiger charge is 2.38. The second-order valence-electron chi connectivity index (χ2n) is 6.53. The number of carbonyl (C=O) groups excluding carboxylic acids is 1. The summed E-state index contributed by atoms with van der Waals surface area (Å²) in [5.41, 5.74) is 1.33. The number of hydrogen-bond donors (Lipinski definition) is 0. The van der Waals surface area contributed by atoms with Crippen molar-refractivity contribution in [2.45, 2.75) is 65.0 Å². The number of ether oxygens (including phenoxy) is 1. The molecular formula is C20H31NO2. The lowest BCUT2D eigenvalue weighted by atomic mass is 9.91. The van der Waals surface area contributed by atoms with Crippen LogP contribution in [0.4, 0.5) is 0 Å². The van der Waals surface area contributed by atoms with Crippen molar-refractivity contribution in [3.05, 3.63) is 35.9 Å². The largest absolute Gasteiger partial charge is 0.466 e. The Bertz CT molecular complexity index is 474. The van der Waals surface area contributed by atoms with Gasteiger partial charge in [0.1, 0.15) is 0 Å². The molecule has 3 atom stereocenters. The molecule has 1 aliphatic heterocycles. The lowest BCUT2D eigenvalue weighted by Crippen LogP contribution is -2.41. The molecule has 0 saturated carbocycles. The first-order chi connectivity index (χ1) is 11.2. The molecule has 0 radical (unpaired) electrons. The van der Waals surface area contributed by atoms with Crippen LogP contribution >= 0.6 is 0 Å². The molecule has 2 rings (SSSR count). The zero-order valence-electron chi connectivity index (χ0n) is 14.8. The Morgan fingerprint density at radius 2 is 2.04 bits per heavy atom. The molecule has 1 fully saturated rings. The number of benzene rings is 1. The Morgan fingerprint density at radius 1 is 1.30 bits per heavy atom. The van der Waals surface area contributed by atoms with Crippen LogP contribution in [-0.2, 0) is 9.53 Å². The van der Waals surface area contributed by atoms with Crippen molar-refractivity contribution in [2.24, 2.45) is 5.92 Å². The minimum atomic E-state index is -0.00175. The number of esters is 1. The fourth-order valence-corrected chi connectivity index (χ4v) is 3.79. The van der Waals surface area contributed by atoms with E-state index in [1.54, 1.807) is 0 Å². The van der Waals surface area contributed by atoms with E-state index in [0.717, 1.165) is 32.2 Å². The van der Waals surface area contributed by atoms with Crippen molar-refractivity contribution in [3.8, 4) is 0 Å². The number of likely N-dealkylation sites (tertiary alicyclic amines) is 1. The van der Waals surface area contributed by atoms with Crippen molar-refractivity contribution in [2.75, 3.05) is 13.2 Å². The van der Waals surface area contributed by atoms with E-state index in [1.165, 1.54) is 12.0 Å². The Balaban J connectivity index is 2.14. The number of rotatable bonds is 8. The van der Waals surface area contributed by atoms with Crippen molar-refractivity contribution in [1.29, 1.82) is 0 Å². The maximum absolute atomic E-state index is 12.5. The lowest BCUT2D eigenvalue weighted by molar-refractivity contribution is -0.150. The molecule has 1 aliphatic rings. The van der Waals surface area contributed by atoms with Gasteiger partial charge in [0.05, 0.1) is 12.5 Å². The summed E-state index contributed by atoms with van der Waals surface area (Å²) in [5.74, 6) is 0.0154. The standard InChI is InChI=1S/C20H31NO2/c1-4-6-13-18(20(22)23-5-2)19-14-10-15-21(19)16(3)17-11-8-7-9-12-17/h7-9,11-12,16,18-19H,4-6,10,13-15H2,1-3H3/t16-,18-,19+/m0/s1. The van der Waals surface area contributed by atoms with Gasteiger partial charge in [-0.2, -0.15) is 0 Å². The topological polar surface area (TPSA) is 29.5 Å². The van der Waals surface area contributed by atoms with Crippen LogP contribution in [0, 0.1) is 5.92 Å². The Kier molecular flexibility index (Phi) is 7.10. The average molecular weight is 317 g/mol.